The third kappa shape index (κ3) is 3.67. The molecule has 2 rings (SSSR count). The van der Waals surface area contributed by atoms with Crippen molar-refractivity contribution in [1.29, 1.82) is 0 Å². The van der Waals surface area contributed by atoms with E-state index < -0.39 is 0 Å². The molecule has 0 saturated heterocycles. The number of aryl methyl sites for hydroxylation is 2. The van der Waals surface area contributed by atoms with Gasteiger partial charge in [0.05, 0.1) is 0 Å². The first-order valence-corrected chi connectivity index (χ1v) is 8.75. The van der Waals surface area contributed by atoms with Crippen LogP contribution in [0.1, 0.15) is 56.2 Å². The molecule has 0 aliphatic heterocycles. The largest absolute Gasteiger partial charge is 0.312 e. The number of hydrogen-bond acceptors (Lipinski definition) is 2. The summed E-state index contributed by atoms with van der Waals surface area (Å²) in [4.78, 5) is 1.50. The van der Waals surface area contributed by atoms with E-state index in [0.29, 0.717) is 5.92 Å². The fourth-order valence-electron chi connectivity index (χ4n) is 2.82. The highest BCUT2D eigenvalue weighted by Gasteiger charge is 2.23. The fraction of sp³-hybridized carbons (Fsp3) is 0.579. The lowest BCUT2D eigenvalue weighted by Gasteiger charge is -2.21. The maximum Gasteiger partial charge on any atom is 0.0352 e. The van der Waals surface area contributed by atoms with Crippen LogP contribution in [0, 0.1) is 19.8 Å². The molecule has 0 aliphatic rings. The number of fused-ring (bicyclic) bond motifs is 1. The molecule has 0 radical (unpaired) electrons. The summed E-state index contributed by atoms with van der Waals surface area (Å²) in [5, 5.41) is 5.07. The normalized spacial score (nSPS) is 12.6. The first kappa shape index (κ1) is 16.5. The summed E-state index contributed by atoms with van der Waals surface area (Å²) < 4.78 is 1.43. The molecule has 1 nitrogen and oxygen atoms in total. The van der Waals surface area contributed by atoms with E-state index in [4.69, 9.17) is 0 Å². The monoisotopic (exact) mass is 303 g/mol. The van der Waals surface area contributed by atoms with Crippen molar-refractivity contribution >= 4 is 21.4 Å². The number of rotatable bonds is 4. The average Bonchev–Trinajstić information content (AvgIpc) is 2.66. The van der Waals surface area contributed by atoms with Gasteiger partial charge in [0.25, 0.3) is 0 Å². The molecule has 0 atom stereocenters. The number of benzene rings is 1. The van der Waals surface area contributed by atoms with E-state index in [1.54, 1.807) is 0 Å². The predicted octanol–water partition coefficient (Wildman–Crippen LogP) is 5.56. The minimum atomic E-state index is 0.189. The maximum atomic E-state index is 3.61. The summed E-state index contributed by atoms with van der Waals surface area (Å²) in [5.41, 5.74) is 4.51. The summed E-state index contributed by atoms with van der Waals surface area (Å²) >= 11 is 1.96. The number of thiophene rings is 1. The SMILES string of the molecule is Cc1cc2sc(CNCC(C)C)c(C(C)(C)C)c2cc1C. The van der Waals surface area contributed by atoms with E-state index in [2.05, 4.69) is 65.9 Å². The van der Waals surface area contributed by atoms with Gasteiger partial charge < -0.3 is 5.32 Å². The molecular formula is C19H29NS. The summed E-state index contributed by atoms with van der Waals surface area (Å²) in [6, 6.07) is 4.74. The van der Waals surface area contributed by atoms with E-state index in [9.17, 15) is 0 Å². The van der Waals surface area contributed by atoms with Gasteiger partial charge in [-0.3, -0.25) is 0 Å². The van der Waals surface area contributed by atoms with E-state index >= 15 is 0 Å². The quantitative estimate of drug-likeness (QED) is 0.779. The van der Waals surface area contributed by atoms with Crippen molar-refractivity contribution in [1.82, 2.24) is 5.32 Å². The van der Waals surface area contributed by atoms with Gasteiger partial charge in [-0.05, 0) is 59.9 Å². The van der Waals surface area contributed by atoms with Gasteiger partial charge >= 0.3 is 0 Å². The zero-order chi connectivity index (χ0) is 15.8. The van der Waals surface area contributed by atoms with Crippen LogP contribution in [0.5, 0.6) is 0 Å². The maximum absolute atomic E-state index is 3.61. The van der Waals surface area contributed by atoms with Crippen LogP contribution >= 0.6 is 11.3 Å². The Morgan fingerprint density at radius 2 is 1.71 bits per heavy atom. The average molecular weight is 304 g/mol. The number of hydrogen-bond donors (Lipinski definition) is 1. The van der Waals surface area contributed by atoms with Crippen LogP contribution in [0.15, 0.2) is 12.1 Å². The molecule has 1 heterocycles. The second-order valence-electron chi connectivity index (χ2n) is 7.61. The molecule has 1 N–H and O–H groups in total. The third-order valence-electron chi connectivity index (χ3n) is 3.97. The first-order chi connectivity index (χ1) is 9.70. The van der Waals surface area contributed by atoms with Gasteiger partial charge in [-0.25, -0.2) is 0 Å². The predicted molar refractivity (Wildman–Crippen MR) is 96.5 cm³/mol. The van der Waals surface area contributed by atoms with Crippen LogP contribution in [0.25, 0.3) is 10.1 Å². The van der Waals surface area contributed by atoms with Crippen molar-refractivity contribution in [2.45, 2.75) is 60.4 Å². The van der Waals surface area contributed by atoms with Gasteiger partial charge in [-0.15, -0.1) is 11.3 Å². The smallest absolute Gasteiger partial charge is 0.0352 e. The highest BCUT2D eigenvalue weighted by molar-refractivity contribution is 7.19. The van der Waals surface area contributed by atoms with Crippen molar-refractivity contribution in [3.8, 4) is 0 Å². The summed E-state index contributed by atoms with van der Waals surface area (Å²) in [6.07, 6.45) is 0. The first-order valence-electron chi connectivity index (χ1n) is 7.94. The highest BCUT2D eigenvalue weighted by Crippen LogP contribution is 2.40. The molecule has 116 valence electrons. The van der Waals surface area contributed by atoms with E-state index in [1.165, 1.54) is 31.7 Å². The lowest BCUT2D eigenvalue weighted by atomic mass is 9.84. The van der Waals surface area contributed by atoms with Gasteiger partial charge in [0.2, 0.25) is 0 Å². The Bertz CT molecular complexity index is 629. The molecule has 0 unspecified atom stereocenters. The van der Waals surface area contributed by atoms with Crippen LogP contribution in [0.2, 0.25) is 0 Å². The molecule has 0 aliphatic carbocycles. The standard InChI is InChI=1S/C19H29NS/c1-12(2)10-20-11-17-18(19(5,6)7)15-8-13(3)14(4)9-16(15)21-17/h8-9,12,20H,10-11H2,1-7H3. The molecule has 1 aromatic carbocycles. The van der Waals surface area contributed by atoms with Crippen LogP contribution in [-0.4, -0.2) is 6.54 Å². The van der Waals surface area contributed by atoms with Crippen LogP contribution in [0.3, 0.4) is 0 Å². The number of nitrogens with one attached hydrogen (secondary N) is 1. The lowest BCUT2D eigenvalue weighted by molar-refractivity contribution is 0.543. The van der Waals surface area contributed by atoms with Crippen LogP contribution in [-0.2, 0) is 12.0 Å². The Balaban J connectivity index is 2.48. The topological polar surface area (TPSA) is 12.0 Å². The minimum Gasteiger partial charge on any atom is -0.312 e. The summed E-state index contributed by atoms with van der Waals surface area (Å²) in [5.74, 6) is 0.696. The third-order valence-corrected chi connectivity index (χ3v) is 5.12. The van der Waals surface area contributed by atoms with Crippen LogP contribution < -0.4 is 5.32 Å². The Labute approximate surface area is 133 Å². The van der Waals surface area contributed by atoms with Gasteiger partial charge in [0.15, 0.2) is 0 Å². The Hall–Kier alpha value is -0.860. The highest BCUT2D eigenvalue weighted by atomic mass is 32.1. The molecule has 21 heavy (non-hydrogen) atoms. The summed E-state index contributed by atoms with van der Waals surface area (Å²) in [7, 11) is 0. The van der Waals surface area contributed by atoms with Gasteiger partial charge in [-0.1, -0.05) is 40.7 Å². The van der Waals surface area contributed by atoms with Crippen molar-refractivity contribution in [2.24, 2.45) is 5.92 Å². The Morgan fingerprint density at radius 1 is 1.10 bits per heavy atom. The minimum absolute atomic E-state index is 0.189. The molecule has 0 spiro atoms. The van der Waals surface area contributed by atoms with Gasteiger partial charge in [0, 0.05) is 16.1 Å². The molecular weight excluding hydrogens is 274 g/mol. The summed E-state index contributed by atoms with van der Waals surface area (Å²) in [6.45, 7) is 18.0. The second kappa shape index (κ2) is 6.10. The van der Waals surface area contributed by atoms with Crippen molar-refractivity contribution < 1.29 is 0 Å². The van der Waals surface area contributed by atoms with Crippen molar-refractivity contribution in [2.75, 3.05) is 6.54 Å². The van der Waals surface area contributed by atoms with Gasteiger partial charge in [0.1, 0.15) is 0 Å². The zero-order valence-electron chi connectivity index (χ0n) is 14.6. The molecule has 1 aromatic heterocycles. The van der Waals surface area contributed by atoms with E-state index in [0.717, 1.165) is 13.1 Å². The second-order valence-corrected chi connectivity index (χ2v) is 8.74. The van der Waals surface area contributed by atoms with E-state index in [-0.39, 0.29) is 5.41 Å². The Kier molecular flexibility index (Phi) is 4.79. The molecule has 0 bridgehead atoms. The van der Waals surface area contributed by atoms with Crippen LogP contribution in [0.4, 0.5) is 0 Å². The molecule has 0 saturated carbocycles. The zero-order valence-corrected chi connectivity index (χ0v) is 15.4. The molecule has 0 amide bonds. The van der Waals surface area contributed by atoms with Gasteiger partial charge in [-0.2, -0.15) is 0 Å². The van der Waals surface area contributed by atoms with Crippen molar-refractivity contribution in [3.05, 3.63) is 33.7 Å². The fourth-order valence-corrected chi connectivity index (χ4v) is 4.29. The molecule has 2 aromatic rings. The lowest BCUT2D eigenvalue weighted by Crippen LogP contribution is -2.21. The molecule has 2 heteroatoms. The van der Waals surface area contributed by atoms with E-state index in [1.807, 2.05) is 11.3 Å². The Morgan fingerprint density at radius 3 is 2.29 bits per heavy atom. The van der Waals surface area contributed by atoms with Crippen molar-refractivity contribution in [3.63, 3.8) is 0 Å². The molecule has 0 fully saturated rings.